The van der Waals surface area contributed by atoms with E-state index in [4.69, 9.17) is 9.47 Å². The van der Waals surface area contributed by atoms with Gasteiger partial charge in [-0.3, -0.25) is 9.59 Å². The number of methoxy groups -OCH3 is 2. The van der Waals surface area contributed by atoms with Gasteiger partial charge in [0.05, 0.1) is 14.2 Å². The van der Waals surface area contributed by atoms with E-state index in [1.54, 1.807) is 46.3 Å². The van der Waals surface area contributed by atoms with E-state index in [-0.39, 0.29) is 11.8 Å². The van der Waals surface area contributed by atoms with Crippen LogP contribution in [0, 0.1) is 0 Å². The van der Waals surface area contributed by atoms with E-state index in [0.29, 0.717) is 48.9 Å². The lowest BCUT2D eigenvalue weighted by Gasteiger charge is -2.23. The van der Waals surface area contributed by atoms with Gasteiger partial charge in [0.25, 0.3) is 11.8 Å². The average molecular weight is 357 g/mol. The number of nitrogens with zero attached hydrogens (tertiary/aromatic N) is 2. The molecule has 1 N–H and O–H groups in total. The number of carbonyl (C=O) groups excluding carboxylic acids is 2. The Balaban J connectivity index is 1.75. The number of aromatic amines is 1. The van der Waals surface area contributed by atoms with Crippen molar-refractivity contribution in [1.82, 2.24) is 14.8 Å². The molecular weight excluding hydrogens is 334 g/mol. The van der Waals surface area contributed by atoms with Crippen LogP contribution in [0.1, 0.15) is 27.3 Å². The van der Waals surface area contributed by atoms with Crippen molar-refractivity contribution in [2.45, 2.75) is 6.42 Å². The molecule has 2 aromatic rings. The Morgan fingerprint density at radius 2 is 1.50 bits per heavy atom. The van der Waals surface area contributed by atoms with Crippen molar-refractivity contribution in [2.75, 3.05) is 40.4 Å². The van der Waals surface area contributed by atoms with Gasteiger partial charge in [-0.25, -0.2) is 0 Å². The third-order valence-corrected chi connectivity index (χ3v) is 4.54. The molecule has 0 unspecified atom stereocenters. The van der Waals surface area contributed by atoms with E-state index in [1.807, 2.05) is 0 Å². The third kappa shape index (κ3) is 3.51. The number of H-pyrrole nitrogens is 1. The first kappa shape index (κ1) is 17.8. The van der Waals surface area contributed by atoms with Gasteiger partial charge in [-0.1, -0.05) is 6.07 Å². The lowest BCUT2D eigenvalue weighted by atomic mass is 10.1. The van der Waals surface area contributed by atoms with Crippen LogP contribution in [0.4, 0.5) is 0 Å². The number of benzene rings is 1. The second-order valence-electron chi connectivity index (χ2n) is 6.06. The van der Waals surface area contributed by atoms with Gasteiger partial charge in [0.1, 0.15) is 22.8 Å². The van der Waals surface area contributed by atoms with Gasteiger partial charge in [-0.05, 0) is 30.7 Å². The molecule has 0 radical (unpaired) electrons. The van der Waals surface area contributed by atoms with Crippen molar-refractivity contribution >= 4 is 11.8 Å². The quantitative estimate of drug-likeness (QED) is 0.908. The number of amides is 2. The Morgan fingerprint density at radius 1 is 0.885 bits per heavy atom. The molecule has 26 heavy (non-hydrogen) atoms. The predicted molar refractivity (Wildman–Crippen MR) is 96.8 cm³/mol. The Bertz CT molecular complexity index is 751. The SMILES string of the molecule is COc1cccc(OC)c1C(=O)N1CCCN(C(=O)c2ccc[nH]2)CC1. The largest absolute Gasteiger partial charge is 0.496 e. The molecule has 138 valence electrons. The lowest BCUT2D eigenvalue weighted by molar-refractivity contribution is 0.0712. The summed E-state index contributed by atoms with van der Waals surface area (Å²) in [6.07, 6.45) is 2.45. The Morgan fingerprint density at radius 3 is 2.04 bits per heavy atom. The molecule has 1 fully saturated rings. The van der Waals surface area contributed by atoms with Crippen LogP contribution in [0.2, 0.25) is 0 Å². The van der Waals surface area contributed by atoms with Crippen LogP contribution in [0.5, 0.6) is 11.5 Å². The first-order valence-corrected chi connectivity index (χ1v) is 8.58. The molecule has 0 bridgehead atoms. The monoisotopic (exact) mass is 357 g/mol. The maximum Gasteiger partial charge on any atom is 0.270 e. The highest BCUT2D eigenvalue weighted by molar-refractivity contribution is 6.00. The number of rotatable bonds is 4. The smallest absolute Gasteiger partial charge is 0.270 e. The molecule has 1 aliphatic rings. The lowest BCUT2D eigenvalue weighted by Crippen LogP contribution is -2.37. The molecule has 7 heteroatoms. The number of nitrogens with one attached hydrogen (secondary N) is 1. The summed E-state index contributed by atoms with van der Waals surface area (Å²) in [5.74, 6) is 0.781. The minimum Gasteiger partial charge on any atom is -0.496 e. The van der Waals surface area contributed by atoms with Crippen LogP contribution < -0.4 is 9.47 Å². The molecule has 7 nitrogen and oxygen atoms in total. The maximum absolute atomic E-state index is 13.1. The molecule has 0 saturated carbocycles. The van der Waals surface area contributed by atoms with Crippen LogP contribution in [0.15, 0.2) is 36.5 Å². The number of ether oxygens (including phenoxy) is 2. The number of carbonyl (C=O) groups is 2. The Hall–Kier alpha value is -2.96. The maximum atomic E-state index is 13.1. The zero-order chi connectivity index (χ0) is 18.5. The summed E-state index contributed by atoms with van der Waals surface area (Å²) < 4.78 is 10.7. The summed E-state index contributed by atoms with van der Waals surface area (Å²) in [6, 6.07) is 8.83. The van der Waals surface area contributed by atoms with Crippen molar-refractivity contribution in [2.24, 2.45) is 0 Å². The van der Waals surface area contributed by atoms with Crippen LogP contribution in [0.25, 0.3) is 0 Å². The van der Waals surface area contributed by atoms with Crippen LogP contribution in [-0.2, 0) is 0 Å². The summed E-state index contributed by atoms with van der Waals surface area (Å²) in [5.41, 5.74) is 0.984. The molecular formula is C19H23N3O4. The van der Waals surface area contributed by atoms with Gasteiger partial charge in [0.2, 0.25) is 0 Å². The third-order valence-electron chi connectivity index (χ3n) is 4.54. The summed E-state index contributed by atoms with van der Waals surface area (Å²) >= 11 is 0. The van der Waals surface area contributed by atoms with Crippen molar-refractivity contribution < 1.29 is 19.1 Å². The predicted octanol–water partition coefficient (Wildman–Crippen LogP) is 2.02. The molecule has 0 aliphatic carbocycles. The molecule has 3 rings (SSSR count). The molecule has 0 atom stereocenters. The van der Waals surface area contributed by atoms with Gasteiger partial charge in [0.15, 0.2) is 0 Å². The van der Waals surface area contributed by atoms with Crippen molar-refractivity contribution in [1.29, 1.82) is 0 Å². The highest BCUT2D eigenvalue weighted by Crippen LogP contribution is 2.29. The highest BCUT2D eigenvalue weighted by atomic mass is 16.5. The van der Waals surface area contributed by atoms with E-state index in [1.165, 1.54) is 14.2 Å². The molecule has 1 aromatic heterocycles. The summed E-state index contributed by atoms with van der Waals surface area (Å²) in [7, 11) is 3.06. The summed E-state index contributed by atoms with van der Waals surface area (Å²) in [4.78, 5) is 32.1. The van der Waals surface area contributed by atoms with Gasteiger partial charge in [-0.15, -0.1) is 0 Å². The van der Waals surface area contributed by atoms with Gasteiger partial charge < -0.3 is 24.3 Å². The van der Waals surface area contributed by atoms with Crippen LogP contribution in [0.3, 0.4) is 0 Å². The van der Waals surface area contributed by atoms with E-state index < -0.39 is 0 Å². The van der Waals surface area contributed by atoms with Crippen LogP contribution in [-0.4, -0.2) is 67.0 Å². The van der Waals surface area contributed by atoms with E-state index in [2.05, 4.69) is 4.98 Å². The number of hydrogen-bond donors (Lipinski definition) is 1. The number of hydrogen-bond acceptors (Lipinski definition) is 4. The topological polar surface area (TPSA) is 74.9 Å². The fourth-order valence-electron chi connectivity index (χ4n) is 3.18. The standard InChI is InChI=1S/C19H23N3O4/c1-25-15-7-3-8-16(26-2)17(15)19(24)22-11-5-10-21(12-13-22)18(23)14-6-4-9-20-14/h3-4,6-9,20H,5,10-13H2,1-2H3. The van der Waals surface area contributed by atoms with Gasteiger partial charge >= 0.3 is 0 Å². The van der Waals surface area contributed by atoms with Crippen molar-refractivity contribution in [3.63, 3.8) is 0 Å². The van der Waals surface area contributed by atoms with Gasteiger partial charge in [-0.2, -0.15) is 0 Å². The minimum absolute atomic E-state index is 0.0424. The Labute approximate surface area is 152 Å². The second kappa shape index (κ2) is 7.95. The second-order valence-corrected chi connectivity index (χ2v) is 6.06. The normalized spacial score (nSPS) is 14.7. The minimum atomic E-state index is -0.145. The fourth-order valence-corrected chi connectivity index (χ4v) is 3.18. The zero-order valence-electron chi connectivity index (χ0n) is 15.0. The summed E-state index contributed by atoms with van der Waals surface area (Å²) in [5, 5.41) is 0. The average Bonchev–Trinajstić information content (AvgIpc) is 3.10. The molecule has 1 aliphatic heterocycles. The first-order chi connectivity index (χ1) is 12.7. The molecule has 1 aromatic carbocycles. The van der Waals surface area contributed by atoms with Crippen molar-refractivity contribution in [3.8, 4) is 11.5 Å². The first-order valence-electron chi connectivity index (χ1n) is 8.58. The zero-order valence-corrected chi connectivity index (χ0v) is 15.0. The van der Waals surface area contributed by atoms with Gasteiger partial charge in [0, 0.05) is 32.4 Å². The number of aromatic nitrogens is 1. The summed E-state index contributed by atoms with van der Waals surface area (Å²) in [6.45, 7) is 2.15. The van der Waals surface area contributed by atoms with Crippen molar-refractivity contribution in [3.05, 3.63) is 47.8 Å². The Kier molecular flexibility index (Phi) is 5.46. The highest BCUT2D eigenvalue weighted by Gasteiger charge is 2.27. The molecule has 0 spiro atoms. The van der Waals surface area contributed by atoms with E-state index >= 15 is 0 Å². The van der Waals surface area contributed by atoms with E-state index in [0.717, 1.165) is 6.42 Å². The van der Waals surface area contributed by atoms with E-state index in [9.17, 15) is 9.59 Å². The fraction of sp³-hybridized carbons (Fsp3) is 0.368. The molecule has 1 saturated heterocycles. The molecule has 2 heterocycles. The van der Waals surface area contributed by atoms with Crippen LogP contribution >= 0.6 is 0 Å². The molecule has 2 amide bonds.